The van der Waals surface area contributed by atoms with Gasteiger partial charge in [0, 0.05) is 11.1 Å². The van der Waals surface area contributed by atoms with Gasteiger partial charge in [-0.25, -0.2) is 5.43 Å². The smallest absolute Gasteiger partial charge is 0.289 e. The van der Waals surface area contributed by atoms with Crippen molar-refractivity contribution in [3.8, 4) is 17.0 Å². The van der Waals surface area contributed by atoms with Gasteiger partial charge in [0.05, 0.1) is 11.9 Å². The number of hydrogen-bond donors (Lipinski definition) is 3. The predicted octanol–water partition coefficient (Wildman–Crippen LogP) is 2.55. The van der Waals surface area contributed by atoms with Crippen molar-refractivity contribution in [3.63, 3.8) is 0 Å². The number of phenolic OH excluding ortho intramolecular Hbond substituents is 1. The van der Waals surface area contributed by atoms with Gasteiger partial charge in [0.1, 0.15) is 11.4 Å². The number of aromatic hydroxyl groups is 1. The van der Waals surface area contributed by atoms with Crippen molar-refractivity contribution in [3.05, 3.63) is 71.9 Å². The second-order valence-electron chi connectivity index (χ2n) is 4.79. The number of aromatic nitrogens is 2. The molecule has 3 aromatic rings. The van der Waals surface area contributed by atoms with Gasteiger partial charge in [-0.1, -0.05) is 42.5 Å². The monoisotopic (exact) mass is 306 g/mol. The first-order valence-corrected chi connectivity index (χ1v) is 6.96. The third-order valence-electron chi connectivity index (χ3n) is 3.20. The zero-order valence-electron chi connectivity index (χ0n) is 12.1. The van der Waals surface area contributed by atoms with E-state index in [1.807, 2.05) is 30.3 Å². The number of phenols is 1. The van der Waals surface area contributed by atoms with Gasteiger partial charge in [0.15, 0.2) is 0 Å². The molecule has 0 saturated heterocycles. The molecule has 0 bridgehead atoms. The maximum atomic E-state index is 12.0. The van der Waals surface area contributed by atoms with Gasteiger partial charge in [-0.2, -0.15) is 10.2 Å². The summed E-state index contributed by atoms with van der Waals surface area (Å²) < 4.78 is 0. The molecule has 23 heavy (non-hydrogen) atoms. The first-order chi connectivity index (χ1) is 11.2. The Balaban J connectivity index is 1.68. The first kappa shape index (κ1) is 14.5. The van der Waals surface area contributed by atoms with E-state index in [1.165, 1.54) is 6.21 Å². The third kappa shape index (κ3) is 3.44. The van der Waals surface area contributed by atoms with Crippen LogP contribution in [0.3, 0.4) is 0 Å². The van der Waals surface area contributed by atoms with Crippen LogP contribution in [0.1, 0.15) is 16.1 Å². The molecule has 0 atom stereocenters. The molecule has 0 aliphatic carbocycles. The lowest BCUT2D eigenvalue weighted by atomic mass is 10.1. The standard InChI is InChI=1S/C17H14N4O2/c22-16-9-5-4-8-13(16)11-18-21-17(23)15-10-14(19-20-15)12-6-2-1-3-7-12/h1-11,22H,(H,19,20)(H,21,23)/b18-11-. The number of H-pyrrole nitrogens is 1. The highest BCUT2D eigenvalue weighted by molar-refractivity contribution is 5.94. The van der Waals surface area contributed by atoms with Crippen molar-refractivity contribution in [1.29, 1.82) is 0 Å². The molecule has 0 saturated carbocycles. The average Bonchev–Trinajstić information content (AvgIpc) is 3.07. The molecule has 6 nitrogen and oxygen atoms in total. The van der Waals surface area contributed by atoms with Crippen molar-refractivity contribution in [2.75, 3.05) is 0 Å². The van der Waals surface area contributed by atoms with Crippen LogP contribution < -0.4 is 5.43 Å². The van der Waals surface area contributed by atoms with Crippen LogP contribution in [0.4, 0.5) is 0 Å². The van der Waals surface area contributed by atoms with Crippen molar-refractivity contribution in [2.24, 2.45) is 5.10 Å². The molecule has 0 unspecified atom stereocenters. The summed E-state index contributed by atoms with van der Waals surface area (Å²) in [4.78, 5) is 12.0. The van der Waals surface area contributed by atoms with Crippen molar-refractivity contribution in [1.82, 2.24) is 15.6 Å². The SMILES string of the molecule is O=C(N/N=C\c1ccccc1O)c1cc(-c2ccccc2)n[nH]1. The Labute approximate surface area is 132 Å². The second kappa shape index (κ2) is 6.57. The van der Waals surface area contributed by atoms with E-state index in [2.05, 4.69) is 20.7 Å². The van der Waals surface area contributed by atoms with Gasteiger partial charge in [-0.3, -0.25) is 9.89 Å². The van der Waals surface area contributed by atoms with Crippen LogP contribution >= 0.6 is 0 Å². The number of aromatic amines is 1. The Morgan fingerprint density at radius 2 is 1.87 bits per heavy atom. The highest BCUT2D eigenvalue weighted by Gasteiger charge is 2.10. The third-order valence-corrected chi connectivity index (χ3v) is 3.20. The van der Waals surface area contributed by atoms with Crippen LogP contribution in [0.15, 0.2) is 65.8 Å². The number of nitrogens with zero attached hydrogens (tertiary/aromatic N) is 2. The molecule has 1 heterocycles. The van der Waals surface area contributed by atoms with E-state index in [9.17, 15) is 9.90 Å². The normalized spacial score (nSPS) is 10.8. The highest BCUT2D eigenvalue weighted by Crippen LogP contribution is 2.16. The summed E-state index contributed by atoms with van der Waals surface area (Å²) in [7, 11) is 0. The van der Waals surface area contributed by atoms with Crippen LogP contribution in [-0.4, -0.2) is 27.4 Å². The van der Waals surface area contributed by atoms with E-state index >= 15 is 0 Å². The number of nitrogens with one attached hydrogen (secondary N) is 2. The summed E-state index contributed by atoms with van der Waals surface area (Å²) >= 11 is 0. The number of para-hydroxylation sites is 1. The first-order valence-electron chi connectivity index (χ1n) is 6.96. The van der Waals surface area contributed by atoms with Crippen LogP contribution in [-0.2, 0) is 0 Å². The van der Waals surface area contributed by atoms with Crippen LogP contribution in [0.5, 0.6) is 5.75 Å². The lowest BCUT2D eigenvalue weighted by Crippen LogP contribution is -2.18. The minimum atomic E-state index is -0.411. The number of carbonyl (C=O) groups excluding carboxylic acids is 1. The van der Waals surface area contributed by atoms with E-state index < -0.39 is 5.91 Å². The van der Waals surface area contributed by atoms with E-state index in [1.54, 1.807) is 30.3 Å². The molecule has 0 spiro atoms. The topological polar surface area (TPSA) is 90.4 Å². The molecular formula is C17H14N4O2. The molecule has 0 aliphatic heterocycles. The number of hydrazone groups is 1. The molecule has 114 valence electrons. The summed E-state index contributed by atoms with van der Waals surface area (Å²) in [6.45, 7) is 0. The van der Waals surface area contributed by atoms with E-state index in [-0.39, 0.29) is 5.75 Å². The molecule has 1 amide bonds. The van der Waals surface area contributed by atoms with Crippen LogP contribution in [0.25, 0.3) is 11.3 Å². The second-order valence-corrected chi connectivity index (χ2v) is 4.79. The van der Waals surface area contributed by atoms with Crippen LogP contribution in [0.2, 0.25) is 0 Å². The summed E-state index contributed by atoms with van der Waals surface area (Å²) in [6, 6.07) is 17.9. The molecule has 1 aromatic heterocycles. The molecule has 6 heteroatoms. The van der Waals surface area contributed by atoms with Crippen LogP contribution in [0, 0.1) is 0 Å². The molecular weight excluding hydrogens is 292 g/mol. The zero-order valence-corrected chi connectivity index (χ0v) is 12.1. The Bertz CT molecular complexity index is 841. The fraction of sp³-hybridized carbons (Fsp3) is 0. The van der Waals surface area contributed by atoms with Gasteiger partial charge in [0.2, 0.25) is 0 Å². The Morgan fingerprint density at radius 1 is 1.13 bits per heavy atom. The highest BCUT2D eigenvalue weighted by atomic mass is 16.3. The fourth-order valence-electron chi connectivity index (χ4n) is 2.01. The van der Waals surface area contributed by atoms with Crippen molar-refractivity contribution < 1.29 is 9.90 Å². The molecule has 3 N–H and O–H groups in total. The van der Waals surface area contributed by atoms with E-state index in [0.29, 0.717) is 17.0 Å². The van der Waals surface area contributed by atoms with Gasteiger partial charge < -0.3 is 5.11 Å². The largest absolute Gasteiger partial charge is 0.507 e. The maximum Gasteiger partial charge on any atom is 0.289 e. The lowest BCUT2D eigenvalue weighted by molar-refractivity contribution is 0.0950. The summed E-state index contributed by atoms with van der Waals surface area (Å²) in [6.07, 6.45) is 1.38. The summed E-state index contributed by atoms with van der Waals surface area (Å²) in [5.41, 5.74) is 4.81. The zero-order chi connectivity index (χ0) is 16.1. The molecule has 3 rings (SSSR count). The molecule has 0 aliphatic rings. The van der Waals surface area contributed by atoms with Gasteiger partial charge in [-0.15, -0.1) is 0 Å². The maximum absolute atomic E-state index is 12.0. The predicted molar refractivity (Wildman–Crippen MR) is 87.2 cm³/mol. The average molecular weight is 306 g/mol. The number of carbonyl (C=O) groups is 1. The Morgan fingerprint density at radius 3 is 2.65 bits per heavy atom. The fourth-order valence-corrected chi connectivity index (χ4v) is 2.01. The quantitative estimate of drug-likeness (QED) is 0.511. The minimum absolute atomic E-state index is 0.0957. The van der Waals surface area contributed by atoms with E-state index in [0.717, 1.165) is 5.56 Å². The van der Waals surface area contributed by atoms with Crippen molar-refractivity contribution in [2.45, 2.75) is 0 Å². The van der Waals surface area contributed by atoms with E-state index in [4.69, 9.17) is 0 Å². The molecule has 0 fully saturated rings. The number of hydrogen-bond acceptors (Lipinski definition) is 4. The number of amides is 1. The summed E-state index contributed by atoms with van der Waals surface area (Å²) in [5.74, 6) is -0.315. The number of rotatable bonds is 4. The van der Waals surface area contributed by atoms with Gasteiger partial charge >= 0.3 is 0 Å². The lowest BCUT2D eigenvalue weighted by Gasteiger charge is -1.98. The Kier molecular flexibility index (Phi) is 4.15. The molecule has 2 aromatic carbocycles. The van der Waals surface area contributed by atoms with Crippen molar-refractivity contribution >= 4 is 12.1 Å². The molecule has 0 radical (unpaired) electrons. The summed E-state index contributed by atoms with van der Waals surface area (Å²) in [5, 5.41) is 20.2. The number of benzene rings is 2. The minimum Gasteiger partial charge on any atom is -0.507 e. The van der Waals surface area contributed by atoms with Gasteiger partial charge in [0.25, 0.3) is 5.91 Å². The Hall–Kier alpha value is -3.41. The van der Waals surface area contributed by atoms with Gasteiger partial charge in [-0.05, 0) is 18.2 Å².